The molecule has 0 aromatic heterocycles. The zero-order valence-electron chi connectivity index (χ0n) is 15.0. The van der Waals surface area contributed by atoms with E-state index in [-0.39, 0.29) is 30.7 Å². The summed E-state index contributed by atoms with van der Waals surface area (Å²) in [4.78, 5) is 41.5. The first-order valence-electron chi connectivity index (χ1n) is 9.26. The van der Waals surface area contributed by atoms with Crippen LogP contribution in [-0.4, -0.2) is 73.3 Å². The third-order valence-electron chi connectivity index (χ3n) is 4.97. The molecule has 140 valence electrons. The summed E-state index contributed by atoms with van der Waals surface area (Å²) in [6, 6.07) is 10.2. The van der Waals surface area contributed by atoms with Crippen LogP contribution in [0.1, 0.15) is 19.3 Å². The Morgan fingerprint density at radius 1 is 1.00 bits per heavy atom. The van der Waals surface area contributed by atoms with Gasteiger partial charge in [-0.2, -0.15) is 0 Å². The quantitative estimate of drug-likeness (QED) is 0.802. The van der Waals surface area contributed by atoms with Crippen molar-refractivity contribution in [2.45, 2.75) is 19.3 Å². The van der Waals surface area contributed by atoms with Crippen molar-refractivity contribution in [2.75, 3.05) is 50.7 Å². The highest BCUT2D eigenvalue weighted by Crippen LogP contribution is 2.15. The first kappa shape index (κ1) is 18.2. The van der Waals surface area contributed by atoms with Crippen molar-refractivity contribution in [3.05, 3.63) is 30.3 Å². The molecule has 7 heteroatoms. The second kappa shape index (κ2) is 8.69. The Bertz CT molecular complexity index is 641. The van der Waals surface area contributed by atoms with E-state index in [0.29, 0.717) is 26.1 Å². The SMILES string of the molecule is O=C(CCN1CCCC1=O)NCC(=O)N1CCN(c2ccccc2)CC1. The molecule has 7 nitrogen and oxygen atoms in total. The van der Waals surface area contributed by atoms with Gasteiger partial charge in [0, 0.05) is 57.8 Å². The number of hydrogen-bond acceptors (Lipinski definition) is 4. The molecule has 3 amide bonds. The minimum Gasteiger partial charge on any atom is -0.368 e. The summed E-state index contributed by atoms with van der Waals surface area (Å²) < 4.78 is 0. The number of carbonyl (C=O) groups is 3. The first-order valence-corrected chi connectivity index (χ1v) is 9.26. The Labute approximate surface area is 153 Å². The predicted molar refractivity (Wildman–Crippen MR) is 98.7 cm³/mol. The van der Waals surface area contributed by atoms with Crippen molar-refractivity contribution < 1.29 is 14.4 Å². The zero-order valence-corrected chi connectivity index (χ0v) is 15.0. The summed E-state index contributed by atoms with van der Waals surface area (Å²) in [5.74, 6) is -0.116. The molecular formula is C19H26N4O3. The molecule has 3 rings (SSSR count). The van der Waals surface area contributed by atoms with Crippen LogP contribution in [0.2, 0.25) is 0 Å². The number of nitrogens with one attached hydrogen (secondary N) is 1. The smallest absolute Gasteiger partial charge is 0.242 e. The molecule has 0 bridgehead atoms. The van der Waals surface area contributed by atoms with Gasteiger partial charge >= 0.3 is 0 Å². The average molecular weight is 358 g/mol. The second-order valence-electron chi connectivity index (χ2n) is 6.71. The summed E-state index contributed by atoms with van der Waals surface area (Å²) in [5.41, 5.74) is 1.17. The fourth-order valence-corrected chi connectivity index (χ4v) is 3.40. The fraction of sp³-hybridized carbons (Fsp3) is 0.526. The lowest BCUT2D eigenvalue weighted by Gasteiger charge is -2.36. The van der Waals surface area contributed by atoms with E-state index in [2.05, 4.69) is 22.3 Å². The van der Waals surface area contributed by atoms with Crippen molar-refractivity contribution >= 4 is 23.4 Å². The molecule has 1 aromatic carbocycles. The predicted octanol–water partition coefficient (Wildman–Crippen LogP) is 0.464. The Morgan fingerprint density at radius 2 is 1.73 bits per heavy atom. The average Bonchev–Trinajstić information content (AvgIpc) is 3.10. The summed E-state index contributed by atoms with van der Waals surface area (Å²) >= 11 is 0. The lowest BCUT2D eigenvalue weighted by Crippen LogP contribution is -2.51. The molecule has 2 aliphatic heterocycles. The van der Waals surface area contributed by atoms with Gasteiger partial charge in [0.15, 0.2) is 0 Å². The van der Waals surface area contributed by atoms with Gasteiger partial charge in [0.1, 0.15) is 0 Å². The summed E-state index contributed by atoms with van der Waals surface area (Å²) in [6.45, 7) is 4.10. The summed E-state index contributed by atoms with van der Waals surface area (Å²) in [5, 5.41) is 2.68. The number of rotatable bonds is 6. The van der Waals surface area contributed by atoms with Gasteiger partial charge in [-0.15, -0.1) is 0 Å². The van der Waals surface area contributed by atoms with Crippen molar-refractivity contribution in [3.8, 4) is 0 Å². The number of para-hydroxylation sites is 1. The van der Waals surface area contributed by atoms with E-state index in [1.807, 2.05) is 18.2 Å². The number of anilines is 1. The van der Waals surface area contributed by atoms with Crippen LogP contribution in [0.5, 0.6) is 0 Å². The molecular weight excluding hydrogens is 332 g/mol. The maximum absolute atomic E-state index is 12.3. The van der Waals surface area contributed by atoms with Crippen LogP contribution >= 0.6 is 0 Å². The largest absolute Gasteiger partial charge is 0.368 e. The van der Waals surface area contributed by atoms with Crippen molar-refractivity contribution in [2.24, 2.45) is 0 Å². The summed E-state index contributed by atoms with van der Waals surface area (Å²) in [7, 11) is 0. The van der Waals surface area contributed by atoms with E-state index >= 15 is 0 Å². The number of hydrogen-bond donors (Lipinski definition) is 1. The number of nitrogens with zero attached hydrogens (tertiary/aromatic N) is 3. The maximum atomic E-state index is 12.3. The van der Waals surface area contributed by atoms with Gasteiger partial charge in [-0.1, -0.05) is 18.2 Å². The van der Waals surface area contributed by atoms with Gasteiger partial charge in [-0.25, -0.2) is 0 Å². The van der Waals surface area contributed by atoms with Gasteiger partial charge in [0.05, 0.1) is 6.54 Å². The fourth-order valence-electron chi connectivity index (χ4n) is 3.40. The highest BCUT2D eigenvalue weighted by atomic mass is 16.2. The Hall–Kier alpha value is -2.57. The van der Waals surface area contributed by atoms with Crippen LogP contribution in [0, 0.1) is 0 Å². The second-order valence-corrected chi connectivity index (χ2v) is 6.71. The highest BCUT2D eigenvalue weighted by molar-refractivity contribution is 5.85. The Kier molecular flexibility index (Phi) is 6.09. The van der Waals surface area contributed by atoms with Gasteiger partial charge in [0.2, 0.25) is 17.7 Å². The zero-order chi connectivity index (χ0) is 18.4. The van der Waals surface area contributed by atoms with Gasteiger partial charge in [-0.05, 0) is 18.6 Å². The number of benzene rings is 1. The van der Waals surface area contributed by atoms with Crippen LogP contribution in [0.15, 0.2) is 30.3 Å². The number of piperazine rings is 1. The lowest BCUT2D eigenvalue weighted by molar-refractivity contribution is -0.133. The maximum Gasteiger partial charge on any atom is 0.242 e. The molecule has 0 unspecified atom stereocenters. The first-order chi connectivity index (χ1) is 12.6. The summed E-state index contributed by atoms with van der Waals surface area (Å²) in [6.07, 6.45) is 1.70. The molecule has 0 spiro atoms. The van der Waals surface area contributed by atoms with E-state index in [0.717, 1.165) is 26.1 Å². The van der Waals surface area contributed by atoms with Gasteiger partial charge in [0.25, 0.3) is 0 Å². The Morgan fingerprint density at radius 3 is 2.38 bits per heavy atom. The molecule has 0 atom stereocenters. The van der Waals surface area contributed by atoms with E-state index < -0.39 is 0 Å². The van der Waals surface area contributed by atoms with E-state index in [9.17, 15) is 14.4 Å². The molecule has 2 heterocycles. The van der Waals surface area contributed by atoms with Crippen molar-refractivity contribution in [1.29, 1.82) is 0 Å². The van der Waals surface area contributed by atoms with E-state index in [1.165, 1.54) is 5.69 Å². The molecule has 26 heavy (non-hydrogen) atoms. The van der Waals surface area contributed by atoms with Crippen LogP contribution in [0.25, 0.3) is 0 Å². The molecule has 0 aliphatic carbocycles. The lowest BCUT2D eigenvalue weighted by atomic mass is 10.2. The number of carbonyl (C=O) groups excluding carboxylic acids is 3. The van der Waals surface area contributed by atoms with Crippen LogP contribution in [0.3, 0.4) is 0 Å². The van der Waals surface area contributed by atoms with Gasteiger partial charge < -0.3 is 20.0 Å². The number of amides is 3. The third kappa shape index (κ3) is 4.74. The molecule has 2 aliphatic rings. The van der Waals surface area contributed by atoms with E-state index in [1.54, 1.807) is 9.80 Å². The monoisotopic (exact) mass is 358 g/mol. The van der Waals surface area contributed by atoms with Gasteiger partial charge in [-0.3, -0.25) is 14.4 Å². The Balaban J connectivity index is 1.35. The minimum absolute atomic E-state index is 0.0259. The molecule has 2 saturated heterocycles. The van der Waals surface area contributed by atoms with Crippen LogP contribution in [-0.2, 0) is 14.4 Å². The number of likely N-dealkylation sites (tertiary alicyclic amines) is 1. The molecule has 0 saturated carbocycles. The molecule has 2 fully saturated rings. The third-order valence-corrected chi connectivity index (χ3v) is 4.97. The molecule has 1 N–H and O–H groups in total. The van der Waals surface area contributed by atoms with Crippen molar-refractivity contribution in [3.63, 3.8) is 0 Å². The molecule has 1 aromatic rings. The van der Waals surface area contributed by atoms with E-state index in [4.69, 9.17) is 0 Å². The van der Waals surface area contributed by atoms with Crippen LogP contribution in [0.4, 0.5) is 5.69 Å². The normalized spacial score (nSPS) is 17.5. The molecule has 0 radical (unpaired) electrons. The minimum atomic E-state index is -0.180. The van der Waals surface area contributed by atoms with Crippen LogP contribution < -0.4 is 10.2 Å². The van der Waals surface area contributed by atoms with Crippen molar-refractivity contribution in [1.82, 2.24) is 15.1 Å². The highest BCUT2D eigenvalue weighted by Gasteiger charge is 2.22. The topological polar surface area (TPSA) is 73.0 Å². The standard InChI is InChI=1S/C19H26N4O3/c24-17(8-10-22-9-4-7-18(22)25)20-15-19(26)23-13-11-21(12-14-23)16-5-2-1-3-6-16/h1-3,5-6H,4,7-15H2,(H,20,24).